The lowest BCUT2D eigenvalue weighted by molar-refractivity contribution is 0.0686. The second kappa shape index (κ2) is 7.65. The highest BCUT2D eigenvalue weighted by Gasteiger charge is 2.23. The number of halogens is 2. The normalized spacial score (nSPS) is 15.2. The van der Waals surface area contributed by atoms with E-state index in [0.717, 1.165) is 36.9 Å². The van der Waals surface area contributed by atoms with Crippen LogP contribution in [0.4, 0.5) is 0 Å². The molecule has 0 bridgehead atoms. The number of nitrogens with one attached hydrogen (secondary N) is 1. The standard InChI is InChI=1S/C17H17Cl2N3O4/c18-12-5-4-10(8-13(12)19)22-15(23)11(9-21-6-2-1-3-7-21)14(16(24)25)20-17(22)26/h4-5,8H,1-3,6-7,9H2,(H,20,26)(H,24,25). The highest BCUT2D eigenvalue weighted by molar-refractivity contribution is 6.42. The van der Waals surface area contributed by atoms with Crippen LogP contribution in [0.2, 0.25) is 10.0 Å². The van der Waals surface area contributed by atoms with Crippen LogP contribution < -0.4 is 11.2 Å². The summed E-state index contributed by atoms with van der Waals surface area (Å²) in [6, 6.07) is 4.35. The number of carboxylic acid groups (broad SMARTS) is 1. The third-order valence-electron chi connectivity index (χ3n) is 4.40. The Balaban J connectivity index is 2.15. The number of aromatic nitrogens is 2. The summed E-state index contributed by atoms with van der Waals surface area (Å²) >= 11 is 11.9. The Hall–Kier alpha value is -2.09. The van der Waals surface area contributed by atoms with Crippen molar-refractivity contribution >= 4 is 29.2 Å². The molecule has 0 atom stereocenters. The number of likely N-dealkylation sites (tertiary alicyclic amines) is 1. The SMILES string of the molecule is O=C(O)c1[nH]c(=O)n(-c2ccc(Cl)c(Cl)c2)c(=O)c1CN1CCCCC1. The molecular formula is C17H17Cl2N3O4. The maximum Gasteiger partial charge on any atom is 0.352 e. The average Bonchev–Trinajstić information content (AvgIpc) is 2.61. The van der Waals surface area contributed by atoms with E-state index in [4.69, 9.17) is 23.2 Å². The molecule has 1 aromatic heterocycles. The number of carbonyl (C=O) groups is 1. The minimum atomic E-state index is -1.34. The van der Waals surface area contributed by atoms with Crippen molar-refractivity contribution in [3.05, 3.63) is 60.3 Å². The third kappa shape index (κ3) is 3.70. The van der Waals surface area contributed by atoms with E-state index in [0.29, 0.717) is 0 Å². The molecule has 7 nitrogen and oxygen atoms in total. The molecule has 3 rings (SSSR count). The Kier molecular flexibility index (Phi) is 5.50. The van der Waals surface area contributed by atoms with E-state index in [1.165, 1.54) is 18.2 Å². The number of hydrogen-bond donors (Lipinski definition) is 2. The zero-order chi connectivity index (χ0) is 18.8. The Morgan fingerprint density at radius 1 is 1.12 bits per heavy atom. The lowest BCUT2D eigenvalue weighted by Crippen LogP contribution is -2.41. The van der Waals surface area contributed by atoms with Crippen molar-refractivity contribution in [2.45, 2.75) is 25.8 Å². The van der Waals surface area contributed by atoms with Crippen LogP contribution in [0.3, 0.4) is 0 Å². The Morgan fingerprint density at radius 2 is 1.81 bits per heavy atom. The van der Waals surface area contributed by atoms with Crippen molar-refractivity contribution in [2.75, 3.05) is 13.1 Å². The fraction of sp³-hybridized carbons (Fsp3) is 0.353. The van der Waals surface area contributed by atoms with Crippen LogP contribution in [-0.4, -0.2) is 38.6 Å². The molecule has 1 saturated heterocycles. The van der Waals surface area contributed by atoms with E-state index in [1.54, 1.807) is 0 Å². The second-order valence-electron chi connectivity index (χ2n) is 6.16. The fourth-order valence-electron chi connectivity index (χ4n) is 3.10. The summed E-state index contributed by atoms with van der Waals surface area (Å²) < 4.78 is 0.883. The van der Waals surface area contributed by atoms with E-state index in [2.05, 4.69) is 4.98 Å². The first-order chi connectivity index (χ1) is 12.4. The molecule has 0 radical (unpaired) electrons. The summed E-state index contributed by atoms with van der Waals surface area (Å²) in [5.74, 6) is -1.34. The molecule has 1 aromatic carbocycles. The van der Waals surface area contributed by atoms with Crippen molar-refractivity contribution in [1.29, 1.82) is 0 Å². The number of aromatic amines is 1. The van der Waals surface area contributed by atoms with Crippen molar-refractivity contribution in [3.8, 4) is 5.69 Å². The minimum absolute atomic E-state index is 0.0464. The molecular weight excluding hydrogens is 381 g/mol. The highest BCUT2D eigenvalue weighted by atomic mass is 35.5. The van der Waals surface area contributed by atoms with Gasteiger partial charge in [-0.2, -0.15) is 0 Å². The number of nitrogens with zero attached hydrogens (tertiary/aromatic N) is 2. The molecule has 0 unspecified atom stereocenters. The van der Waals surface area contributed by atoms with Crippen molar-refractivity contribution in [1.82, 2.24) is 14.5 Å². The van der Waals surface area contributed by atoms with Gasteiger partial charge in [-0.05, 0) is 44.1 Å². The molecule has 9 heteroatoms. The van der Waals surface area contributed by atoms with Gasteiger partial charge in [0.25, 0.3) is 5.56 Å². The van der Waals surface area contributed by atoms with Crippen molar-refractivity contribution in [3.63, 3.8) is 0 Å². The molecule has 0 aliphatic carbocycles. The monoisotopic (exact) mass is 397 g/mol. The smallest absolute Gasteiger partial charge is 0.352 e. The molecule has 0 spiro atoms. The van der Waals surface area contributed by atoms with Gasteiger partial charge in [-0.1, -0.05) is 29.6 Å². The van der Waals surface area contributed by atoms with Gasteiger partial charge in [-0.25, -0.2) is 14.2 Å². The average molecular weight is 398 g/mol. The van der Waals surface area contributed by atoms with Gasteiger partial charge in [0.05, 0.1) is 21.3 Å². The Bertz CT molecular complexity index is 961. The maximum absolute atomic E-state index is 13.0. The number of benzene rings is 1. The zero-order valence-electron chi connectivity index (χ0n) is 13.8. The van der Waals surface area contributed by atoms with Crippen LogP contribution in [-0.2, 0) is 6.54 Å². The summed E-state index contributed by atoms with van der Waals surface area (Å²) in [6.07, 6.45) is 3.10. The molecule has 1 aliphatic heterocycles. The first-order valence-corrected chi connectivity index (χ1v) is 8.93. The number of aromatic carboxylic acids is 1. The summed E-state index contributed by atoms with van der Waals surface area (Å²) in [7, 11) is 0. The van der Waals surface area contributed by atoms with Crippen LogP contribution in [0, 0.1) is 0 Å². The Morgan fingerprint density at radius 3 is 2.42 bits per heavy atom. The summed E-state index contributed by atoms with van der Waals surface area (Å²) in [5, 5.41) is 9.89. The number of carboxylic acids is 1. The fourth-order valence-corrected chi connectivity index (χ4v) is 3.39. The van der Waals surface area contributed by atoms with Crippen molar-refractivity contribution in [2.24, 2.45) is 0 Å². The van der Waals surface area contributed by atoms with E-state index in [1.807, 2.05) is 4.90 Å². The second-order valence-corrected chi connectivity index (χ2v) is 6.98. The summed E-state index contributed by atoms with van der Waals surface area (Å²) in [6.45, 7) is 1.73. The largest absolute Gasteiger partial charge is 0.477 e. The van der Waals surface area contributed by atoms with E-state index >= 15 is 0 Å². The zero-order valence-corrected chi connectivity index (χ0v) is 15.3. The van der Waals surface area contributed by atoms with Crippen LogP contribution in [0.15, 0.2) is 27.8 Å². The molecule has 0 saturated carbocycles. The van der Waals surface area contributed by atoms with Gasteiger partial charge in [-0.3, -0.25) is 9.69 Å². The van der Waals surface area contributed by atoms with Gasteiger partial charge in [0.2, 0.25) is 0 Å². The quantitative estimate of drug-likeness (QED) is 0.825. The van der Waals surface area contributed by atoms with Gasteiger partial charge in [-0.15, -0.1) is 0 Å². The van der Waals surface area contributed by atoms with Gasteiger partial charge < -0.3 is 10.1 Å². The summed E-state index contributed by atoms with van der Waals surface area (Å²) in [5.41, 5.74) is -1.61. The topological polar surface area (TPSA) is 95.4 Å². The molecule has 26 heavy (non-hydrogen) atoms. The first kappa shape index (κ1) is 18.7. The Labute approximate surface area is 158 Å². The number of H-pyrrole nitrogens is 1. The van der Waals surface area contributed by atoms with Crippen LogP contribution in [0.25, 0.3) is 5.69 Å². The number of piperidine rings is 1. The molecule has 2 heterocycles. The minimum Gasteiger partial charge on any atom is -0.477 e. The van der Waals surface area contributed by atoms with E-state index < -0.39 is 17.2 Å². The number of hydrogen-bond acceptors (Lipinski definition) is 4. The van der Waals surface area contributed by atoms with Crippen LogP contribution in [0.1, 0.15) is 35.3 Å². The summed E-state index contributed by atoms with van der Waals surface area (Å²) in [4.78, 5) is 41.2. The van der Waals surface area contributed by atoms with Gasteiger partial charge >= 0.3 is 11.7 Å². The van der Waals surface area contributed by atoms with Gasteiger partial charge in [0.15, 0.2) is 0 Å². The lowest BCUT2D eigenvalue weighted by Gasteiger charge is -2.26. The van der Waals surface area contributed by atoms with Crippen LogP contribution >= 0.6 is 23.2 Å². The maximum atomic E-state index is 13.0. The lowest BCUT2D eigenvalue weighted by atomic mass is 10.1. The molecule has 2 N–H and O–H groups in total. The van der Waals surface area contributed by atoms with E-state index in [9.17, 15) is 19.5 Å². The molecule has 1 aliphatic rings. The molecule has 2 aromatic rings. The third-order valence-corrected chi connectivity index (χ3v) is 5.14. The van der Waals surface area contributed by atoms with Crippen molar-refractivity contribution < 1.29 is 9.90 Å². The van der Waals surface area contributed by atoms with Gasteiger partial charge in [0, 0.05) is 6.54 Å². The van der Waals surface area contributed by atoms with E-state index in [-0.39, 0.29) is 33.5 Å². The molecule has 0 amide bonds. The highest BCUT2D eigenvalue weighted by Crippen LogP contribution is 2.23. The molecule has 138 valence electrons. The van der Waals surface area contributed by atoms with Crippen LogP contribution in [0.5, 0.6) is 0 Å². The van der Waals surface area contributed by atoms with Gasteiger partial charge in [0.1, 0.15) is 5.69 Å². The molecule has 1 fully saturated rings. The predicted molar refractivity (Wildman–Crippen MR) is 98.8 cm³/mol. The predicted octanol–water partition coefficient (Wildman–Crippen LogP) is 2.52. The number of rotatable bonds is 4. The first-order valence-electron chi connectivity index (χ1n) is 8.18.